The maximum atomic E-state index is 12.2. The molecule has 1 saturated heterocycles. The van der Waals surface area contributed by atoms with Gasteiger partial charge >= 0.3 is 6.03 Å². The summed E-state index contributed by atoms with van der Waals surface area (Å²) in [7, 11) is 0. The molecule has 0 spiro atoms. The molecule has 2 N–H and O–H groups in total. The van der Waals surface area contributed by atoms with Gasteiger partial charge in [-0.25, -0.2) is 4.79 Å². The lowest BCUT2D eigenvalue weighted by Gasteiger charge is -2.16. The van der Waals surface area contributed by atoms with Gasteiger partial charge in [0.15, 0.2) is 17.3 Å². The van der Waals surface area contributed by atoms with Gasteiger partial charge in [0, 0.05) is 12.2 Å². The first-order valence-electron chi connectivity index (χ1n) is 8.65. The number of nitrogens with zero attached hydrogens (tertiary/aromatic N) is 4. The SMILES string of the molecule is CC(C)c1ccc(NC(=O)N[C@@H]2CN(c3ccc(C#N)nn3)CC2=O)cc1. The number of hydrogen-bond acceptors (Lipinski definition) is 6. The quantitative estimate of drug-likeness (QED) is 0.859. The first-order chi connectivity index (χ1) is 13.0. The second kappa shape index (κ2) is 7.83. The van der Waals surface area contributed by atoms with E-state index in [-0.39, 0.29) is 18.0 Å². The van der Waals surface area contributed by atoms with Crippen LogP contribution in [0.2, 0.25) is 0 Å². The Kier molecular flexibility index (Phi) is 5.31. The van der Waals surface area contributed by atoms with E-state index in [4.69, 9.17) is 5.26 Å². The van der Waals surface area contributed by atoms with E-state index < -0.39 is 12.1 Å². The first-order valence-corrected chi connectivity index (χ1v) is 8.65. The fraction of sp³-hybridized carbons (Fsp3) is 0.316. The van der Waals surface area contributed by atoms with Crippen LogP contribution in [0.25, 0.3) is 0 Å². The Bertz CT molecular complexity index is 871. The minimum atomic E-state index is -0.627. The lowest BCUT2D eigenvalue weighted by molar-refractivity contribution is -0.117. The highest BCUT2D eigenvalue weighted by Gasteiger charge is 2.32. The Balaban J connectivity index is 1.57. The molecular weight excluding hydrogens is 344 g/mol. The summed E-state index contributed by atoms with van der Waals surface area (Å²) in [4.78, 5) is 26.1. The molecule has 1 aliphatic rings. The van der Waals surface area contributed by atoms with Crippen molar-refractivity contribution >= 4 is 23.3 Å². The summed E-state index contributed by atoms with van der Waals surface area (Å²) in [6.07, 6.45) is 0. The van der Waals surface area contributed by atoms with Crippen LogP contribution in [0, 0.1) is 11.3 Å². The molecule has 27 heavy (non-hydrogen) atoms. The summed E-state index contributed by atoms with van der Waals surface area (Å²) in [5.74, 6) is 0.808. The summed E-state index contributed by atoms with van der Waals surface area (Å²) < 4.78 is 0. The molecule has 0 saturated carbocycles. The van der Waals surface area contributed by atoms with Crippen LogP contribution in [0.15, 0.2) is 36.4 Å². The van der Waals surface area contributed by atoms with Gasteiger partial charge in [-0.15, -0.1) is 10.2 Å². The van der Waals surface area contributed by atoms with Gasteiger partial charge < -0.3 is 15.5 Å². The summed E-state index contributed by atoms with van der Waals surface area (Å²) in [6, 6.07) is 11.6. The third-order valence-corrected chi connectivity index (χ3v) is 4.37. The van der Waals surface area contributed by atoms with Crippen LogP contribution >= 0.6 is 0 Å². The maximum absolute atomic E-state index is 12.2. The van der Waals surface area contributed by atoms with E-state index in [1.807, 2.05) is 30.3 Å². The molecule has 1 aliphatic heterocycles. The van der Waals surface area contributed by atoms with Crippen molar-refractivity contribution in [1.82, 2.24) is 15.5 Å². The van der Waals surface area contributed by atoms with Crippen LogP contribution < -0.4 is 15.5 Å². The van der Waals surface area contributed by atoms with Crippen molar-refractivity contribution < 1.29 is 9.59 Å². The number of carbonyl (C=O) groups excluding carboxylic acids is 2. The summed E-state index contributed by atoms with van der Waals surface area (Å²) in [5.41, 5.74) is 2.06. The Morgan fingerprint density at radius 1 is 1.22 bits per heavy atom. The van der Waals surface area contributed by atoms with Crippen molar-refractivity contribution in [1.29, 1.82) is 5.26 Å². The van der Waals surface area contributed by atoms with Crippen molar-refractivity contribution in [2.75, 3.05) is 23.3 Å². The zero-order chi connectivity index (χ0) is 19.4. The third-order valence-electron chi connectivity index (χ3n) is 4.37. The van der Waals surface area contributed by atoms with Crippen LogP contribution in [-0.2, 0) is 4.79 Å². The smallest absolute Gasteiger partial charge is 0.319 e. The van der Waals surface area contributed by atoms with Gasteiger partial charge in [0.05, 0.1) is 6.54 Å². The average Bonchev–Trinajstić information content (AvgIpc) is 3.02. The molecule has 138 valence electrons. The highest BCUT2D eigenvalue weighted by atomic mass is 16.2. The standard InChI is InChI=1S/C19H20N6O2/c1-12(2)13-3-5-14(6-4-13)21-19(27)22-16-10-25(11-17(16)26)18-8-7-15(9-20)23-24-18/h3-8,12,16H,10-11H2,1-2H3,(H2,21,22,27)/t16-/m1/s1. The number of carbonyl (C=O) groups is 2. The van der Waals surface area contributed by atoms with Gasteiger partial charge in [0.1, 0.15) is 12.1 Å². The molecule has 0 radical (unpaired) electrons. The highest BCUT2D eigenvalue weighted by Crippen LogP contribution is 2.18. The normalized spacial score (nSPS) is 16.3. The van der Waals surface area contributed by atoms with Crippen molar-refractivity contribution in [2.45, 2.75) is 25.8 Å². The largest absolute Gasteiger partial charge is 0.345 e. The monoisotopic (exact) mass is 364 g/mol. The Labute approximate surface area is 157 Å². The Morgan fingerprint density at radius 2 is 1.96 bits per heavy atom. The molecule has 2 heterocycles. The number of anilines is 2. The molecule has 0 unspecified atom stereocenters. The van der Waals surface area contributed by atoms with Gasteiger partial charge in [0.2, 0.25) is 0 Å². The van der Waals surface area contributed by atoms with Crippen LogP contribution in [0.4, 0.5) is 16.3 Å². The molecule has 0 bridgehead atoms. The van der Waals surface area contributed by atoms with E-state index in [0.717, 1.165) is 0 Å². The zero-order valence-corrected chi connectivity index (χ0v) is 15.1. The topological polar surface area (TPSA) is 111 Å². The fourth-order valence-corrected chi connectivity index (χ4v) is 2.82. The zero-order valence-electron chi connectivity index (χ0n) is 15.1. The van der Waals surface area contributed by atoms with Crippen LogP contribution in [0.3, 0.4) is 0 Å². The predicted octanol–water partition coefficient (Wildman–Crippen LogP) is 2.05. The predicted molar refractivity (Wildman–Crippen MR) is 100 cm³/mol. The number of hydrogen-bond donors (Lipinski definition) is 2. The molecule has 1 fully saturated rings. The van der Waals surface area contributed by atoms with E-state index >= 15 is 0 Å². The van der Waals surface area contributed by atoms with E-state index in [0.29, 0.717) is 24.0 Å². The van der Waals surface area contributed by atoms with Crippen molar-refractivity contribution in [3.8, 4) is 6.07 Å². The van der Waals surface area contributed by atoms with Gasteiger partial charge in [0.25, 0.3) is 0 Å². The molecule has 1 aromatic carbocycles. The molecular formula is C19H20N6O2. The number of amides is 2. The van der Waals surface area contributed by atoms with Crippen molar-refractivity contribution in [3.05, 3.63) is 47.7 Å². The fourth-order valence-electron chi connectivity index (χ4n) is 2.82. The molecule has 1 aromatic heterocycles. The number of rotatable bonds is 4. The second-order valence-corrected chi connectivity index (χ2v) is 6.66. The maximum Gasteiger partial charge on any atom is 0.319 e. The molecule has 8 heteroatoms. The molecule has 3 rings (SSSR count). The van der Waals surface area contributed by atoms with Gasteiger partial charge in [-0.3, -0.25) is 4.79 Å². The lowest BCUT2D eigenvalue weighted by Crippen LogP contribution is -2.43. The van der Waals surface area contributed by atoms with Gasteiger partial charge in [-0.05, 0) is 35.7 Å². The molecule has 8 nitrogen and oxygen atoms in total. The summed E-state index contributed by atoms with van der Waals surface area (Å²) in [6.45, 7) is 4.64. The van der Waals surface area contributed by atoms with E-state index in [1.165, 1.54) is 5.56 Å². The number of benzene rings is 1. The minimum absolute atomic E-state index is 0.105. The Morgan fingerprint density at radius 3 is 2.56 bits per heavy atom. The Hall–Kier alpha value is -3.47. The molecule has 2 aromatic rings. The van der Waals surface area contributed by atoms with Crippen LogP contribution in [0.1, 0.15) is 31.0 Å². The number of ketones is 1. The van der Waals surface area contributed by atoms with Gasteiger partial charge in [-0.2, -0.15) is 5.26 Å². The number of nitrogens with one attached hydrogen (secondary N) is 2. The minimum Gasteiger partial charge on any atom is -0.345 e. The highest BCUT2D eigenvalue weighted by molar-refractivity contribution is 5.98. The molecule has 1 atom stereocenters. The van der Waals surface area contributed by atoms with E-state index in [9.17, 15) is 9.59 Å². The van der Waals surface area contributed by atoms with E-state index in [1.54, 1.807) is 17.0 Å². The van der Waals surface area contributed by atoms with E-state index in [2.05, 4.69) is 34.7 Å². The average molecular weight is 364 g/mol. The molecule has 0 aliphatic carbocycles. The van der Waals surface area contributed by atoms with Crippen LogP contribution in [0.5, 0.6) is 0 Å². The van der Waals surface area contributed by atoms with Crippen molar-refractivity contribution in [2.24, 2.45) is 0 Å². The summed E-state index contributed by atoms with van der Waals surface area (Å²) >= 11 is 0. The van der Waals surface area contributed by atoms with Gasteiger partial charge in [-0.1, -0.05) is 26.0 Å². The lowest BCUT2D eigenvalue weighted by atomic mass is 10.0. The second-order valence-electron chi connectivity index (χ2n) is 6.66. The van der Waals surface area contributed by atoms with Crippen molar-refractivity contribution in [3.63, 3.8) is 0 Å². The number of aromatic nitrogens is 2. The third kappa shape index (κ3) is 4.39. The number of nitriles is 1. The number of Topliss-reactive ketones (excluding diaryl/α,β-unsaturated/α-hetero) is 1. The first kappa shape index (κ1) is 18.3. The number of urea groups is 1. The summed E-state index contributed by atoms with van der Waals surface area (Å²) in [5, 5.41) is 21.9. The molecule has 2 amide bonds. The van der Waals surface area contributed by atoms with Crippen LogP contribution in [-0.4, -0.2) is 41.1 Å².